The van der Waals surface area contributed by atoms with Crippen LogP contribution in [-0.2, 0) is 9.59 Å². The minimum atomic E-state index is -0.307. The lowest BCUT2D eigenvalue weighted by Crippen LogP contribution is -2.62. The highest BCUT2D eigenvalue weighted by Crippen LogP contribution is 2.31. The number of nitrogens with zero attached hydrogens (tertiary/aromatic N) is 2. The van der Waals surface area contributed by atoms with E-state index in [1.165, 1.54) is 19.3 Å². The topological polar surface area (TPSA) is 52.7 Å². The molecule has 106 valence electrons. The van der Waals surface area contributed by atoms with Gasteiger partial charge in [-0.3, -0.25) is 14.5 Å². The van der Waals surface area contributed by atoms with Gasteiger partial charge in [0.2, 0.25) is 11.8 Å². The number of fused-ring (bicyclic) bond motifs is 1. The maximum atomic E-state index is 12.5. The minimum Gasteiger partial charge on any atom is -0.343 e. The Morgan fingerprint density at radius 1 is 1.16 bits per heavy atom. The summed E-state index contributed by atoms with van der Waals surface area (Å²) in [6, 6.07) is 0.438. The van der Waals surface area contributed by atoms with Crippen molar-refractivity contribution in [2.75, 3.05) is 19.6 Å². The van der Waals surface area contributed by atoms with Gasteiger partial charge >= 0.3 is 0 Å². The SMILES string of the molecule is CCC1NC(=O)CN(C2CCN3CCCCC23)C1=O. The summed E-state index contributed by atoms with van der Waals surface area (Å²) in [4.78, 5) is 28.6. The molecule has 5 nitrogen and oxygen atoms in total. The van der Waals surface area contributed by atoms with Gasteiger partial charge in [0.05, 0.1) is 6.54 Å². The van der Waals surface area contributed by atoms with Gasteiger partial charge in [0.25, 0.3) is 0 Å². The molecule has 3 aliphatic heterocycles. The van der Waals surface area contributed by atoms with Gasteiger partial charge in [-0.2, -0.15) is 0 Å². The van der Waals surface area contributed by atoms with Gasteiger partial charge in [-0.1, -0.05) is 13.3 Å². The molecule has 0 bridgehead atoms. The fraction of sp³-hybridized carbons (Fsp3) is 0.857. The highest BCUT2D eigenvalue weighted by Gasteiger charge is 2.44. The molecule has 0 radical (unpaired) electrons. The summed E-state index contributed by atoms with van der Waals surface area (Å²) in [7, 11) is 0. The molecule has 0 saturated carbocycles. The van der Waals surface area contributed by atoms with Gasteiger partial charge in [0, 0.05) is 18.6 Å². The van der Waals surface area contributed by atoms with Crippen molar-refractivity contribution in [1.82, 2.24) is 15.1 Å². The van der Waals surface area contributed by atoms with E-state index in [4.69, 9.17) is 0 Å². The van der Waals surface area contributed by atoms with E-state index in [0.717, 1.165) is 19.5 Å². The van der Waals surface area contributed by atoms with Crippen LogP contribution in [0, 0.1) is 0 Å². The number of nitrogens with one attached hydrogen (secondary N) is 1. The van der Waals surface area contributed by atoms with Crippen LogP contribution < -0.4 is 5.32 Å². The number of piperazine rings is 1. The molecule has 1 N–H and O–H groups in total. The fourth-order valence-electron chi connectivity index (χ4n) is 3.88. The van der Waals surface area contributed by atoms with Gasteiger partial charge in [0.1, 0.15) is 6.04 Å². The summed E-state index contributed by atoms with van der Waals surface area (Å²) < 4.78 is 0. The summed E-state index contributed by atoms with van der Waals surface area (Å²) in [6.45, 7) is 4.45. The van der Waals surface area contributed by atoms with E-state index in [2.05, 4.69) is 10.2 Å². The molecule has 3 saturated heterocycles. The van der Waals surface area contributed by atoms with E-state index in [0.29, 0.717) is 12.5 Å². The Labute approximate surface area is 114 Å². The Morgan fingerprint density at radius 2 is 2.00 bits per heavy atom. The second-order valence-corrected chi connectivity index (χ2v) is 5.95. The maximum Gasteiger partial charge on any atom is 0.245 e. The Hall–Kier alpha value is -1.10. The number of hydrogen-bond donors (Lipinski definition) is 1. The monoisotopic (exact) mass is 265 g/mol. The fourth-order valence-corrected chi connectivity index (χ4v) is 3.88. The molecule has 5 heteroatoms. The smallest absolute Gasteiger partial charge is 0.245 e. The Kier molecular flexibility index (Phi) is 3.48. The predicted molar refractivity (Wildman–Crippen MR) is 71.6 cm³/mol. The molecule has 3 fully saturated rings. The van der Waals surface area contributed by atoms with Crippen LogP contribution in [0.1, 0.15) is 39.0 Å². The van der Waals surface area contributed by atoms with E-state index in [9.17, 15) is 9.59 Å². The highest BCUT2D eigenvalue weighted by molar-refractivity contribution is 5.95. The van der Waals surface area contributed by atoms with Crippen LogP contribution in [0.2, 0.25) is 0 Å². The van der Waals surface area contributed by atoms with Gasteiger partial charge in [-0.15, -0.1) is 0 Å². The normalized spacial score (nSPS) is 36.3. The van der Waals surface area contributed by atoms with Gasteiger partial charge in [-0.25, -0.2) is 0 Å². The van der Waals surface area contributed by atoms with Gasteiger partial charge < -0.3 is 10.2 Å². The first-order valence-corrected chi connectivity index (χ1v) is 7.54. The van der Waals surface area contributed by atoms with Crippen molar-refractivity contribution >= 4 is 11.8 Å². The summed E-state index contributed by atoms with van der Waals surface area (Å²) in [5.74, 6) is 0.125. The lowest BCUT2D eigenvalue weighted by Gasteiger charge is -2.41. The van der Waals surface area contributed by atoms with Crippen LogP contribution in [-0.4, -0.2) is 59.4 Å². The standard InChI is InChI=1S/C14H23N3O2/c1-2-10-14(19)17(9-13(18)15-10)12-6-8-16-7-4-3-5-11(12)16/h10-12H,2-9H2,1H3,(H,15,18). The second-order valence-electron chi connectivity index (χ2n) is 5.95. The number of piperidine rings is 1. The molecule has 2 amide bonds. The molecule has 0 aromatic heterocycles. The first-order valence-electron chi connectivity index (χ1n) is 7.54. The molecule has 3 heterocycles. The average Bonchev–Trinajstić information content (AvgIpc) is 2.85. The average molecular weight is 265 g/mol. The molecular weight excluding hydrogens is 242 g/mol. The highest BCUT2D eigenvalue weighted by atomic mass is 16.2. The Bertz CT molecular complexity index is 385. The second kappa shape index (κ2) is 5.12. The van der Waals surface area contributed by atoms with E-state index >= 15 is 0 Å². The zero-order chi connectivity index (χ0) is 13.4. The zero-order valence-electron chi connectivity index (χ0n) is 11.6. The van der Waals surface area contributed by atoms with Crippen LogP contribution in [0.4, 0.5) is 0 Å². The van der Waals surface area contributed by atoms with Crippen LogP contribution in [0.25, 0.3) is 0 Å². The van der Waals surface area contributed by atoms with E-state index in [1.807, 2.05) is 11.8 Å². The lowest BCUT2D eigenvalue weighted by atomic mass is 9.96. The van der Waals surface area contributed by atoms with Gasteiger partial charge in [-0.05, 0) is 32.2 Å². The number of hydrogen-bond acceptors (Lipinski definition) is 3. The molecule has 3 atom stereocenters. The molecule has 19 heavy (non-hydrogen) atoms. The van der Waals surface area contributed by atoms with E-state index in [1.54, 1.807) is 0 Å². The van der Waals surface area contributed by atoms with Crippen molar-refractivity contribution in [3.63, 3.8) is 0 Å². The summed E-state index contributed by atoms with van der Waals surface area (Å²) >= 11 is 0. The molecule has 3 rings (SSSR count). The van der Waals surface area contributed by atoms with Crippen LogP contribution in [0.5, 0.6) is 0 Å². The molecule has 0 spiro atoms. The third-order valence-corrected chi connectivity index (χ3v) is 4.86. The van der Waals surface area contributed by atoms with Crippen molar-refractivity contribution in [3.8, 4) is 0 Å². The molecule has 3 aliphatic rings. The van der Waals surface area contributed by atoms with Crippen molar-refractivity contribution in [2.24, 2.45) is 0 Å². The first-order chi connectivity index (χ1) is 9.20. The molecule has 0 aliphatic carbocycles. The lowest BCUT2D eigenvalue weighted by molar-refractivity contribution is -0.147. The number of amides is 2. The molecule has 0 aromatic rings. The van der Waals surface area contributed by atoms with Gasteiger partial charge in [0.15, 0.2) is 0 Å². The molecule has 3 unspecified atom stereocenters. The minimum absolute atomic E-state index is 0.000657. The first kappa shape index (κ1) is 12.9. The maximum absolute atomic E-state index is 12.5. The van der Waals surface area contributed by atoms with E-state index in [-0.39, 0.29) is 30.4 Å². The third kappa shape index (κ3) is 2.24. The quantitative estimate of drug-likeness (QED) is 0.784. The molecule has 0 aromatic carbocycles. The van der Waals surface area contributed by atoms with Crippen molar-refractivity contribution in [3.05, 3.63) is 0 Å². The predicted octanol–water partition coefficient (Wildman–Crippen LogP) is 0.350. The van der Waals surface area contributed by atoms with Crippen LogP contribution in [0.15, 0.2) is 0 Å². The number of carbonyl (C=O) groups excluding carboxylic acids is 2. The van der Waals surface area contributed by atoms with Crippen LogP contribution >= 0.6 is 0 Å². The van der Waals surface area contributed by atoms with Crippen molar-refractivity contribution < 1.29 is 9.59 Å². The zero-order valence-corrected chi connectivity index (χ0v) is 11.6. The van der Waals surface area contributed by atoms with E-state index < -0.39 is 0 Å². The largest absolute Gasteiger partial charge is 0.343 e. The summed E-state index contributed by atoms with van der Waals surface area (Å²) in [5, 5.41) is 2.80. The number of carbonyl (C=O) groups is 2. The number of rotatable bonds is 2. The van der Waals surface area contributed by atoms with Crippen molar-refractivity contribution in [2.45, 2.75) is 57.2 Å². The third-order valence-electron chi connectivity index (χ3n) is 4.86. The summed E-state index contributed by atoms with van der Waals surface area (Å²) in [5.41, 5.74) is 0. The van der Waals surface area contributed by atoms with Crippen LogP contribution in [0.3, 0.4) is 0 Å². The van der Waals surface area contributed by atoms with Crippen molar-refractivity contribution in [1.29, 1.82) is 0 Å². The molecular formula is C14H23N3O2. The Morgan fingerprint density at radius 3 is 2.79 bits per heavy atom. The Balaban J connectivity index is 1.76. The summed E-state index contributed by atoms with van der Waals surface area (Å²) in [6.07, 6.45) is 5.41.